The van der Waals surface area contributed by atoms with Gasteiger partial charge >= 0.3 is 0 Å². The Morgan fingerprint density at radius 3 is 2.56 bits per heavy atom. The zero-order valence-electron chi connectivity index (χ0n) is 17.0. The second-order valence-corrected chi connectivity index (χ2v) is 6.43. The maximum Gasteiger partial charge on any atom is 0.191 e. The third-order valence-electron chi connectivity index (χ3n) is 4.17. The molecule has 2 rings (SSSR count). The lowest BCUT2D eigenvalue weighted by Gasteiger charge is -2.12. The van der Waals surface area contributed by atoms with Crippen molar-refractivity contribution >= 4 is 29.9 Å². The number of halogens is 1. The first-order valence-corrected chi connectivity index (χ1v) is 9.20. The predicted molar refractivity (Wildman–Crippen MR) is 122 cm³/mol. The Kier molecular flexibility index (Phi) is 10.2. The molecule has 1 aromatic carbocycles. The van der Waals surface area contributed by atoms with Crippen LogP contribution >= 0.6 is 24.0 Å². The molecule has 0 spiro atoms. The summed E-state index contributed by atoms with van der Waals surface area (Å²) in [6.07, 6.45) is 0.994. The smallest absolute Gasteiger partial charge is 0.191 e. The van der Waals surface area contributed by atoms with Gasteiger partial charge in [-0.3, -0.25) is 4.68 Å². The van der Waals surface area contributed by atoms with Crippen molar-refractivity contribution < 1.29 is 4.74 Å². The summed E-state index contributed by atoms with van der Waals surface area (Å²) in [4.78, 5) is 4.68. The van der Waals surface area contributed by atoms with Gasteiger partial charge in [-0.15, -0.1) is 24.0 Å². The van der Waals surface area contributed by atoms with Crippen LogP contribution in [0.4, 0.5) is 0 Å². The van der Waals surface area contributed by atoms with Crippen LogP contribution in [0.3, 0.4) is 0 Å². The summed E-state index contributed by atoms with van der Waals surface area (Å²) in [7, 11) is 1.69. The zero-order chi connectivity index (χ0) is 18.9. The summed E-state index contributed by atoms with van der Waals surface area (Å²) in [6, 6.07) is 8.28. The molecule has 1 aromatic heterocycles. The monoisotopic (exact) mass is 485 g/mol. The zero-order valence-corrected chi connectivity index (χ0v) is 19.3. The fourth-order valence-corrected chi connectivity index (χ4v) is 2.89. The fourth-order valence-electron chi connectivity index (χ4n) is 2.89. The van der Waals surface area contributed by atoms with Gasteiger partial charge in [-0.25, -0.2) is 4.99 Å². The van der Waals surface area contributed by atoms with Crippen molar-refractivity contribution in [3.8, 4) is 5.75 Å². The van der Waals surface area contributed by atoms with Crippen molar-refractivity contribution in [3.63, 3.8) is 0 Å². The Labute approximate surface area is 179 Å². The number of guanidine groups is 1. The molecule has 2 N–H and O–H groups in total. The molecule has 0 saturated carbocycles. The summed E-state index contributed by atoms with van der Waals surface area (Å²) in [5.41, 5.74) is 4.57. The molecule has 1 heterocycles. The van der Waals surface area contributed by atoms with E-state index in [1.807, 2.05) is 13.0 Å². The second kappa shape index (κ2) is 11.8. The Balaban J connectivity index is 0.00000364. The molecule has 0 fully saturated rings. The summed E-state index contributed by atoms with van der Waals surface area (Å²) in [5.74, 6) is 1.75. The van der Waals surface area contributed by atoms with Crippen LogP contribution in [0, 0.1) is 20.8 Å². The van der Waals surface area contributed by atoms with E-state index in [0.29, 0.717) is 6.54 Å². The molecule has 0 aliphatic heterocycles. The van der Waals surface area contributed by atoms with Crippen molar-refractivity contribution in [1.29, 1.82) is 0 Å². The van der Waals surface area contributed by atoms with E-state index in [1.54, 1.807) is 7.11 Å². The van der Waals surface area contributed by atoms with Gasteiger partial charge in [-0.05, 0) is 57.4 Å². The Hall–Kier alpha value is -1.77. The molecular formula is C20H32IN5O. The van der Waals surface area contributed by atoms with Gasteiger partial charge in [-0.1, -0.05) is 12.1 Å². The molecule has 6 nitrogen and oxygen atoms in total. The second-order valence-electron chi connectivity index (χ2n) is 6.43. The van der Waals surface area contributed by atoms with Gasteiger partial charge in [0.2, 0.25) is 0 Å². The quantitative estimate of drug-likeness (QED) is 0.260. The normalized spacial score (nSPS) is 11.1. The number of aryl methyl sites for hydroxylation is 4. The molecule has 0 bridgehead atoms. The number of aliphatic imine (C=N–C) groups is 1. The summed E-state index contributed by atoms with van der Waals surface area (Å²) in [5, 5.41) is 11.2. The first-order valence-electron chi connectivity index (χ1n) is 9.20. The first-order chi connectivity index (χ1) is 12.5. The van der Waals surface area contributed by atoms with Gasteiger partial charge in [0, 0.05) is 25.3 Å². The van der Waals surface area contributed by atoms with Crippen LogP contribution in [-0.2, 0) is 13.1 Å². The highest BCUT2D eigenvalue weighted by Gasteiger charge is 2.03. The molecule has 27 heavy (non-hydrogen) atoms. The maximum atomic E-state index is 5.31. The van der Waals surface area contributed by atoms with E-state index in [4.69, 9.17) is 4.74 Å². The van der Waals surface area contributed by atoms with Crippen molar-refractivity contribution in [3.05, 3.63) is 46.8 Å². The lowest BCUT2D eigenvalue weighted by molar-refractivity contribution is 0.411. The van der Waals surface area contributed by atoms with Crippen LogP contribution in [0.1, 0.15) is 35.9 Å². The molecule has 2 aromatic rings. The largest absolute Gasteiger partial charge is 0.496 e. The lowest BCUT2D eigenvalue weighted by atomic mass is 10.1. The van der Waals surface area contributed by atoms with Crippen molar-refractivity contribution in [1.82, 2.24) is 20.4 Å². The number of hydrogen-bond donors (Lipinski definition) is 2. The summed E-state index contributed by atoms with van der Waals surface area (Å²) in [6.45, 7) is 11.5. The van der Waals surface area contributed by atoms with Crippen molar-refractivity contribution in [2.75, 3.05) is 20.2 Å². The van der Waals surface area contributed by atoms with Gasteiger partial charge in [0.1, 0.15) is 5.75 Å². The number of aromatic nitrogens is 2. The topological polar surface area (TPSA) is 63.5 Å². The third-order valence-corrected chi connectivity index (χ3v) is 4.17. The number of methoxy groups -OCH3 is 1. The number of ether oxygens (including phenoxy) is 1. The van der Waals surface area contributed by atoms with Crippen molar-refractivity contribution in [2.45, 2.75) is 47.2 Å². The minimum absolute atomic E-state index is 0. The number of rotatable bonds is 8. The molecule has 0 aliphatic rings. The molecule has 0 unspecified atom stereocenters. The average molecular weight is 485 g/mol. The highest BCUT2D eigenvalue weighted by Crippen LogP contribution is 2.18. The molecule has 0 aliphatic carbocycles. The van der Waals surface area contributed by atoms with Gasteiger partial charge in [0.25, 0.3) is 0 Å². The molecular weight excluding hydrogens is 453 g/mol. The lowest BCUT2D eigenvalue weighted by Crippen LogP contribution is -2.38. The first kappa shape index (κ1) is 23.3. The third kappa shape index (κ3) is 7.40. The van der Waals surface area contributed by atoms with Crippen molar-refractivity contribution in [2.24, 2.45) is 4.99 Å². The Bertz CT molecular complexity index is 742. The molecule has 0 amide bonds. The Morgan fingerprint density at radius 1 is 1.19 bits per heavy atom. The van der Waals surface area contributed by atoms with E-state index in [-0.39, 0.29) is 24.0 Å². The van der Waals surface area contributed by atoms with Crippen LogP contribution in [0.15, 0.2) is 29.3 Å². The number of nitrogens with one attached hydrogen (secondary N) is 2. The van der Waals surface area contributed by atoms with Crippen LogP contribution in [0.5, 0.6) is 5.75 Å². The average Bonchev–Trinajstić information content (AvgIpc) is 2.94. The molecule has 7 heteroatoms. The highest BCUT2D eigenvalue weighted by molar-refractivity contribution is 14.0. The fraction of sp³-hybridized carbons (Fsp3) is 0.500. The van der Waals surface area contributed by atoms with Crippen LogP contribution in [0.2, 0.25) is 0 Å². The van der Waals surface area contributed by atoms with E-state index >= 15 is 0 Å². The van der Waals surface area contributed by atoms with E-state index in [9.17, 15) is 0 Å². The standard InChI is InChI=1S/C20H31N5O.HI/c1-6-21-20(22-10-7-11-25-17(4)13-16(3)24-25)23-14-18-8-9-19(26-5)15(2)12-18;/h8-9,12-13H,6-7,10-11,14H2,1-5H3,(H2,21,22,23);1H. The van der Waals surface area contributed by atoms with Crippen LogP contribution in [0.25, 0.3) is 0 Å². The maximum absolute atomic E-state index is 5.31. The molecule has 150 valence electrons. The SMILES string of the molecule is CCNC(=NCc1ccc(OC)c(C)c1)NCCCn1nc(C)cc1C.I. The minimum Gasteiger partial charge on any atom is -0.496 e. The predicted octanol–water partition coefficient (Wildman–Crippen LogP) is 3.58. The van der Waals surface area contributed by atoms with Crippen LogP contribution in [-0.4, -0.2) is 35.9 Å². The summed E-state index contributed by atoms with van der Waals surface area (Å²) < 4.78 is 7.37. The Morgan fingerprint density at radius 2 is 1.96 bits per heavy atom. The number of hydrogen-bond acceptors (Lipinski definition) is 3. The van der Waals surface area contributed by atoms with E-state index in [1.165, 1.54) is 11.3 Å². The number of benzene rings is 1. The minimum atomic E-state index is 0. The molecule has 0 radical (unpaired) electrons. The highest BCUT2D eigenvalue weighted by atomic mass is 127. The number of nitrogens with zero attached hydrogens (tertiary/aromatic N) is 3. The molecule has 0 atom stereocenters. The van der Waals surface area contributed by atoms with E-state index < -0.39 is 0 Å². The van der Waals surface area contributed by atoms with Gasteiger partial charge in [0.05, 0.1) is 19.3 Å². The summed E-state index contributed by atoms with van der Waals surface area (Å²) >= 11 is 0. The van der Waals surface area contributed by atoms with E-state index in [2.05, 4.69) is 64.4 Å². The molecule has 0 saturated heterocycles. The van der Waals surface area contributed by atoms with E-state index in [0.717, 1.165) is 49.0 Å². The van der Waals surface area contributed by atoms with Gasteiger partial charge in [0.15, 0.2) is 5.96 Å². The van der Waals surface area contributed by atoms with Crippen LogP contribution < -0.4 is 15.4 Å². The van der Waals surface area contributed by atoms with Gasteiger partial charge < -0.3 is 15.4 Å². The van der Waals surface area contributed by atoms with Gasteiger partial charge in [-0.2, -0.15) is 5.10 Å².